The van der Waals surface area contributed by atoms with Gasteiger partial charge in [0, 0.05) is 26.4 Å². The first-order valence-electron chi connectivity index (χ1n) is 5.28. The van der Waals surface area contributed by atoms with Crippen LogP contribution in [-0.4, -0.2) is 37.7 Å². The van der Waals surface area contributed by atoms with E-state index < -0.39 is 0 Å². The van der Waals surface area contributed by atoms with E-state index in [0.29, 0.717) is 31.1 Å². The average Bonchev–Trinajstić information content (AvgIpc) is 2.34. The van der Waals surface area contributed by atoms with Crippen LogP contribution in [0.5, 0.6) is 0 Å². The van der Waals surface area contributed by atoms with Crippen molar-refractivity contribution in [2.24, 2.45) is 0 Å². The van der Waals surface area contributed by atoms with Crippen LogP contribution in [-0.2, 0) is 4.74 Å². The highest BCUT2D eigenvalue weighted by Crippen LogP contribution is 2.09. The number of ether oxygens (including phenoxy) is 1. The summed E-state index contributed by atoms with van der Waals surface area (Å²) in [5.74, 6) is 0.438. The summed E-state index contributed by atoms with van der Waals surface area (Å²) >= 11 is 0. The number of carbonyl (C=O) groups is 1. The molecule has 0 radical (unpaired) electrons. The van der Waals surface area contributed by atoms with Crippen LogP contribution in [0.15, 0.2) is 18.3 Å². The first-order valence-corrected chi connectivity index (χ1v) is 5.28. The smallest absolute Gasteiger partial charge is 0.255 e. The summed E-state index contributed by atoms with van der Waals surface area (Å²) in [6.07, 6.45) is 1.64. The minimum Gasteiger partial charge on any atom is -0.380 e. The molecule has 16 heavy (non-hydrogen) atoms. The van der Waals surface area contributed by atoms with Gasteiger partial charge in [-0.05, 0) is 19.1 Å². The summed E-state index contributed by atoms with van der Waals surface area (Å²) in [6, 6.07) is 3.47. The van der Waals surface area contributed by atoms with E-state index in [-0.39, 0.29) is 5.91 Å². The lowest BCUT2D eigenvalue weighted by atomic mass is 10.2. The molecule has 1 heterocycles. The monoisotopic (exact) mass is 223 g/mol. The Balaban J connectivity index is 2.52. The fraction of sp³-hybridized carbons (Fsp3) is 0.455. The van der Waals surface area contributed by atoms with Gasteiger partial charge >= 0.3 is 0 Å². The normalized spacial score (nSPS) is 9.88. The third kappa shape index (κ3) is 3.51. The van der Waals surface area contributed by atoms with Gasteiger partial charge in [0.05, 0.1) is 12.2 Å². The number of nitrogens with one attached hydrogen (secondary N) is 2. The van der Waals surface area contributed by atoms with Crippen molar-refractivity contribution in [2.45, 2.75) is 6.92 Å². The van der Waals surface area contributed by atoms with Gasteiger partial charge in [-0.3, -0.25) is 4.79 Å². The standard InChI is InChI=1S/C11H17N3O2/c1-3-16-8-7-14-11(15)9-5-4-6-13-10(9)12-2/h4-6H,3,7-8H2,1-2H3,(H,12,13)(H,14,15). The molecular weight excluding hydrogens is 206 g/mol. The molecule has 0 bridgehead atoms. The van der Waals surface area contributed by atoms with Gasteiger partial charge in [-0.15, -0.1) is 0 Å². The zero-order valence-corrected chi connectivity index (χ0v) is 9.62. The van der Waals surface area contributed by atoms with E-state index in [1.807, 2.05) is 6.92 Å². The molecule has 0 aromatic carbocycles. The maximum absolute atomic E-state index is 11.7. The number of carbonyl (C=O) groups excluding carboxylic acids is 1. The molecule has 0 spiro atoms. The van der Waals surface area contributed by atoms with Gasteiger partial charge in [0.2, 0.25) is 0 Å². The molecule has 0 fully saturated rings. The molecule has 1 aromatic heterocycles. The molecule has 0 aliphatic heterocycles. The lowest BCUT2D eigenvalue weighted by Gasteiger charge is -2.08. The van der Waals surface area contributed by atoms with Gasteiger partial charge in [-0.1, -0.05) is 0 Å². The van der Waals surface area contributed by atoms with Gasteiger partial charge in [-0.25, -0.2) is 4.98 Å². The lowest BCUT2D eigenvalue weighted by molar-refractivity contribution is 0.0923. The van der Waals surface area contributed by atoms with Crippen molar-refractivity contribution in [3.63, 3.8) is 0 Å². The lowest BCUT2D eigenvalue weighted by Crippen LogP contribution is -2.28. The largest absolute Gasteiger partial charge is 0.380 e. The summed E-state index contributed by atoms with van der Waals surface area (Å²) in [5.41, 5.74) is 0.543. The Hall–Kier alpha value is -1.62. The predicted molar refractivity (Wildman–Crippen MR) is 62.6 cm³/mol. The van der Waals surface area contributed by atoms with E-state index in [1.54, 1.807) is 25.4 Å². The average molecular weight is 223 g/mol. The molecule has 88 valence electrons. The predicted octanol–water partition coefficient (Wildman–Crippen LogP) is 0.890. The Bertz CT molecular complexity index is 342. The molecule has 1 rings (SSSR count). The van der Waals surface area contributed by atoms with Crippen LogP contribution in [0.3, 0.4) is 0 Å². The summed E-state index contributed by atoms with van der Waals surface area (Å²) in [4.78, 5) is 15.8. The van der Waals surface area contributed by atoms with Gasteiger partial charge in [0.25, 0.3) is 5.91 Å². The first-order chi connectivity index (χ1) is 7.79. The number of aromatic nitrogens is 1. The molecule has 0 atom stereocenters. The Morgan fingerprint density at radius 3 is 3.06 bits per heavy atom. The Morgan fingerprint density at radius 1 is 1.56 bits per heavy atom. The highest BCUT2D eigenvalue weighted by molar-refractivity contribution is 5.98. The van der Waals surface area contributed by atoms with Crippen molar-refractivity contribution < 1.29 is 9.53 Å². The molecule has 1 amide bonds. The summed E-state index contributed by atoms with van der Waals surface area (Å²) in [5, 5.41) is 5.64. The van der Waals surface area contributed by atoms with Crippen LogP contribution in [0.1, 0.15) is 17.3 Å². The third-order valence-corrected chi connectivity index (χ3v) is 2.03. The molecule has 0 aliphatic rings. The topological polar surface area (TPSA) is 63.2 Å². The van der Waals surface area contributed by atoms with E-state index in [2.05, 4.69) is 15.6 Å². The van der Waals surface area contributed by atoms with E-state index in [9.17, 15) is 4.79 Å². The quantitative estimate of drug-likeness (QED) is 0.703. The molecule has 0 unspecified atom stereocenters. The minimum absolute atomic E-state index is 0.142. The second-order valence-corrected chi connectivity index (χ2v) is 3.10. The second kappa shape index (κ2) is 6.79. The zero-order valence-electron chi connectivity index (χ0n) is 9.62. The highest BCUT2D eigenvalue weighted by Gasteiger charge is 2.09. The number of nitrogens with zero attached hydrogens (tertiary/aromatic N) is 1. The SMILES string of the molecule is CCOCCNC(=O)c1cccnc1NC. The molecule has 5 heteroatoms. The maximum Gasteiger partial charge on any atom is 0.255 e. The van der Waals surface area contributed by atoms with Crippen LogP contribution in [0, 0.1) is 0 Å². The van der Waals surface area contributed by atoms with Crippen molar-refractivity contribution in [1.82, 2.24) is 10.3 Å². The van der Waals surface area contributed by atoms with Gasteiger partial charge in [0.15, 0.2) is 0 Å². The van der Waals surface area contributed by atoms with Crippen LogP contribution in [0.4, 0.5) is 5.82 Å². The van der Waals surface area contributed by atoms with Crippen molar-refractivity contribution in [3.8, 4) is 0 Å². The fourth-order valence-corrected chi connectivity index (χ4v) is 1.26. The number of pyridine rings is 1. The second-order valence-electron chi connectivity index (χ2n) is 3.10. The Labute approximate surface area is 95.2 Å². The van der Waals surface area contributed by atoms with E-state index >= 15 is 0 Å². The van der Waals surface area contributed by atoms with E-state index in [1.165, 1.54) is 0 Å². The van der Waals surface area contributed by atoms with Crippen LogP contribution in [0.2, 0.25) is 0 Å². The molecule has 5 nitrogen and oxygen atoms in total. The number of hydrogen-bond donors (Lipinski definition) is 2. The molecule has 1 aromatic rings. The van der Waals surface area contributed by atoms with Gasteiger partial charge in [-0.2, -0.15) is 0 Å². The van der Waals surface area contributed by atoms with E-state index in [0.717, 1.165) is 0 Å². The zero-order chi connectivity index (χ0) is 11.8. The van der Waals surface area contributed by atoms with Crippen molar-refractivity contribution in [1.29, 1.82) is 0 Å². The molecule has 2 N–H and O–H groups in total. The molecule has 0 aliphatic carbocycles. The molecular formula is C11H17N3O2. The number of amides is 1. The number of rotatable bonds is 6. The minimum atomic E-state index is -0.142. The van der Waals surface area contributed by atoms with Crippen molar-refractivity contribution in [3.05, 3.63) is 23.9 Å². The first kappa shape index (κ1) is 12.4. The Morgan fingerprint density at radius 2 is 2.38 bits per heavy atom. The van der Waals surface area contributed by atoms with Gasteiger partial charge in [0.1, 0.15) is 5.82 Å². The third-order valence-electron chi connectivity index (χ3n) is 2.03. The Kier molecular flexibility index (Phi) is 5.28. The fourth-order valence-electron chi connectivity index (χ4n) is 1.26. The number of anilines is 1. The summed E-state index contributed by atoms with van der Waals surface area (Å²) in [6.45, 7) is 3.61. The summed E-state index contributed by atoms with van der Waals surface area (Å²) in [7, 11) is 1.74. The molecule has 0 saturated heterocycles. The van der Waals surface area contributed by atoms with Gasteiger partial charge < -0.3 is 15.4 Å². The highest BCUT2D eigenvalue weighted by atomic mass is 16.5. The van der Waals surface area contributed by atoms with Crippen LogP contribution >= 0.6 is 0 Å². The molecule has 0 saturated carbocycles. The van der Waals surface area contributed by atoms with Crippen molar-refractivity contribution in [2.75, 3.05) is 32.1 Å². The van der Waals surface area contributed by atoms with Crippen molar-refractivity contribution >= 4 is 11.7 Å². The van der Waals surface area contributed by atoms with Crippen LogP contribution < -0.4 is 10.6 Å². The van der Waals surface area contributed by atoms with Crippen LogP contribution in [0.25, 0.3) is 0 Å². The van der Waals surface area contributed by atoms with E-state index in [4.69, 9.17) is 4.74 Å². The number of hydrogen-bond acceptors (Lipinski definition) is 4. The summed E-state index contributed by atoms with van der Waals surface area (Å²) < 4.78 is 5.13. The maximum atomic E-state index is 11.7.